The zero-order valence-electron chi connectivity index (χ0n) is 14.4. The van der Waals surface area contributed by atoms with Crippen LogP contribution in [0, 0.1) is 0 Å². The lowest BCUT2D eigenvalue weighted by Gasteiger charge is -2.25. The fourth-order valence-corrected chi connectivity index (χ4v) is 2.39. The number of phenolic OH excluding ortho intramolecular Hbond substituents is 1. The number of anilines is 1. The third-order valence-corrected chi connectivity index (χ3v) is 3.56. The molecule has 0 aliphatic carbocycles. The molecule has 26 heavy (non-hydrogen) atoms. The molecule has 0 amide bonds. The van der Waals surface area contributed by atoms with E-state index in [0.717, 1.165) is 14.2 Å². The van der Waals surface area contributed by atoms with Gasteiger partial charge in [-0.3, -0.25) is 0 Å². The number of nitrogens with zero attached hydrogens (tertiary/aromatic N) is 1. The van der Waals surface area contributed by atoms with Crippen molar-refractivity contribution in [2.75, 3.05) is 26.2 Å². The molecule has 0 radical (unpaired) electrons. The van der Waals surface area contributed by atoms with E-state index >= 15 is 0 Å². The fraction of sp³-hybridized carbons (Fsp3) is 0.167. The van der Waals surface area contributed by atoms with Crippen LogP contribution in [-0.4, -0.2) is 44.3 Å². The van der Waals surface area contributed by atoms with Crippen molar-refractivity contribution >= 4 is 23.6 Å². The lowest BCUT2D eigenvalue weighted by molar-refractivity contribution is -0.139. The van der Waals surface area contributed by atoms with Crippen LogP contribution in [0.3, 0.4) is 0 Å². The molecule has 0 aromatic heterocycles. The van der Waals surface area contributed by atoms with E-state index in [2.05, 4.69) is 0 Å². The Balaban J connectivity index is 2.78. The predicted molar refractivity (Wildman–Crippen MR) is 91.3 cm³/mol. The maximum absolute atomic E-state index is 12.4. The molecule has 1 aliphatic heterocycles. The van der Waals surface area contributed by atoms with Crippen LogP contribution in [-0.2, 0) is 23.8 Å². The molecule has 0 atom stereocenters. The Labute approximate surface area is 149 Å². The zero-order valence-corrected chi connectivity index (χ0v) is 14.4. The normalized spacial score (nSPS) is 13.3. The van der Waals surface area contributed by atoms with Crippen LogP contribution in [0.4, 0.5) is 5.69 Å². The van der Waals surface area contributed by atoms with Gasteiger partial charge in [-0.25, -0.2) is 14.4 Å². The number of ether oxygens (including phenoxy) is 3. The highest BCUT2D eigenvalue weighted by molar-refractivity contribution is 6.07. The standard InChI is InChI=1S/C18H17NO7/c1-24-16(21)11-7-4-5-10-19(15(11)18(23)26-3)12-8-6-9-13(20)14(12)17(22)25-2/h4-10,20H,1-3H3. The lowest BCUT2D eigenvalue weighted by atomic mass is 10.1. The largest absolute Gasteiger partial charge is 0.507 e. The lowest BCUT2D eigenvalue weighted by Crippen LogP contribution is -2.28. The molecule has 0 spiro atoms. The number of carbonyl (C=O) groups excluding carboxylic acids is 3. The molecule has 8 nitrogen and oxygen atoms in total. The number of allylic oxidation sites excluding steroid dienone is 2. The average molecular weight is 359 g/mol. The van der Waals surface area contributed by atoms with Crippen molar-refractivity contribution in [2.24, 2.45) is 0 Å². The topological polar surface area (TPSA) is 102 Å². The van der Waals surface area contributed by atoms with Crippen molar-refractivity contribution in [3.05, 3.63) is 59.5 Å². The van der Waals surface area contributed by atoms with Gasteiger partial charge in [0.05, 0.1) is 32.6 Å². The van der Waals surface area contributed by atoms with Crippen LogP contribution in [0.2, 0.25) is 0 Å². The number of methoxy groups -OCH3 is 3. The summed E-state index contributed by atoms with van der Waals surface area (Å²) in [5.41, 5.74) is -0.311. The third kappa shape index (κ3) is 3.44. The Morgan fingerprint density at radius 3 is 2.19 bits per heavy atom. The number of carbonyl (C=O) groups is 3. The number of rotatable bonds is 4. The molecular weight excluding hydrogens is 342 g/mol. The van der Waals surface area contributed by atoms with Gasteiger partial charge in [0.2, 0.25) is 0 Å². The van der Waals surface area contributed by atoms with Crippen LogP contribution < -0.4 is 4.90 Å². The van der Waals surface area contributed by atoms with Crippen LogP contribution >= 0.6 is 0 Å². The molecule has 1 aromatic carbocycles. The van der Waals surface area contributed by atoms with Gasteiger partial charge in [-0.1, -0.05) is 12.1 Å². The summed E-state index contributed by atoms with van der Waals surface area (Å²) in [5, 5.41) is 10.1. The highest BCUT2D eigenvalue weighted by atomic mass is 16.5. The second-order valence-corrected chi connectivity index (χ2v) is 4.98. The Morgan fingerprint density at radius 1 is 0.923 bits per heavy atom. The van der Waals surface area contributed by atoms with Crippen LogP contribution in [0.5, 0.6) is 5.75 Å². The number of hydrogen-bond donors (Lipinski definition) is 1. The molecule has 0 unspecified atom stereocenters. The third-order valence-electron chi connectivity index (χ3n) is 3.56. The van der Waals surface area contributed by atoms with E-state index in [9.17, 15) is 19.5 Å². The molecule has 136 valence electrons. The highest BCUT2D eigenvalue weighted by Crippen LogP contribution is 2.34. The van der Waals surface area contributed by atoms with E-state index in [1.54, 1.807) is 6.08 Å². The van der Waals surface area contributed by atoms with Gasteiger partial charge in [-0.2, -0.15) is 0 Å². The summed E-state index contributed by atoms with van der Waals surface area (Å²) in [7, 11) is 3.49. The summed E-state index contributed by atoms with van der Waals surface area (Å²) < 4.78 is 14.2. The van der Waals surface area contributed by atoms with Gasteiger partial charge >= 0.3 is 17.9 Å². The molecule has 1 N–H and O–H groups in total. The van der Waals surface area contributed by atoms with E-state index in [1.807, 2.05) is 0 Å². The first-order valence-electron chi connectivity index (χ1n) is 7.41. The summed E-state index contributed by atoms with van der Waals surface area (Å²) in [6, 6.07) is 4.27. The summed E-state index contributed by atoms with van der Waals surface area (Å²) >= 11 is 0. The molecule has 8 heteroatoms. The van der Waals surface area contributed by atoms with Gasteiger partial charge in [0.15, 0.2) is 0 Å². The van der Waals surface area contributed by atoms with Crippen molar-refractivity contribution in [3.8, 4) is 5.75 Å². The van der Waals surface area contributed by atoms with Gasteiger partial charge in [-0.15, -0.1) is 0 Å². The molecular formula is C18H17NO7. The first-order valence-corrected chi connectivity index (χ1v) is 7.41. The van der Waals surface area contributed by atoms with Crippen molar-refractivity contribution < 1.29 is 33.7 Å². The number of hydrogen-bond acceptors (Lipinski definition) is 8. The SMILES string of the molecule is COC(=O)C1=C(C(=O)OC)N(c2cccc(O)c2C(=O)OC)C=CC=C1. The quantitative estimate of drug-likeness (QED) is 0.640. The van der Waals surface area contributed by atoms with Gasteiger partial charge < -0.3 is 24.2 Å². The minimum atomic E-state index is -0.833. The van der Waals surface area contributed by atoms with Crippen LogP contribution in [0.1, 0.15) is 10.4 Å². The summed E-state index contributed by atoms with van der Waals surface area (Å²) in [4.78, 5) is 37.9. The Kier molecular flexibility index (Phi) is 5.79. The minimum Gasteiger partial charge on any atom is -0.507 e. The van der Waals surface area contributed by atoms with E-state index in [0.29, 0.717) is 0 Å². The minimum absolute atomic E-state index is 0.0801. The first-order chi connectivity index (χ1) is 12.5. The fourth-order valence-electron chi connectivity index (χ4n) is 2.39. The second-order valence-electron chi connectivity index (χ2n) is 4.98. The van der Waals surface area contributed by atoms with Crippen LogP contribution in [0.15, 0.2) is 53.9 Å². The van der Waals surface area contributed by atoms with E-state index in [1.165, 1.54) is 48.6 Å². The van der Waals surface area contributed by atoms with Crippen molar-refractivity contribution in [2.45, 2.75) is 0 Å². The van der Waals surface area contributed by atoms with E-state index < -0.39 is 17.9 Å². The maximum Gasteiger partial charge on any atom is 0.355 e. The number of benzene rings is 1. The monoisotopic (exact) mass is 359 g/mol. The Hall–Kier alpha value is -3.55. The number of aromatic hydroxyl groups is 1. The summed E-state index contributed by atoms with van der Waals surface area (Å²) in [5.74, 6) is -2.76. The van der Waals surface area contributed by atoms with Gasteiger partial charge in [-0.05, 0) is 24.3 Å². The van der Waals surface area contributed by atoms with Crippen molar-refractivity contribution in [1.29, 1.82) is 0 Å². The van der Waals surface area contributed by atoms with Gasteiger partial charge in [0.1, 0.15) is 17.0 Å². The predicted octanol–water partition coefficient (Wildman–Crippen LogP) is 1.67. The Bertz CT molecular complexity index is 836. The highest BCUT2D eigenvalue weighted by Gasteiger charge is 2.30. The molecule has 1 heterocycles. The number of esters is 3. The molecule has 0 bridgehead atoms. The average Bonchev–Trinajstić information content (AvgIpc) is 2.88. The van der Waals surface area contributed by atoms with Gasteiger partial charge in [0, 0.05) is 6.20 Å². The molecule has 0 fully saturated rings. The van der Waals surface area contributed by atoms with Crippen LogP contribution in [0.25, 0.3) is 0 Å². The smallest absolute Gasteiger partial charge is 0.355 e. The molecule has 0 saturated heterocycles. The van der Waals surface area contributed by atoms with Gasteiger partial charge in [0.25, 0.3) is 0 Å². The zero-order chi connectivity index (χ0) is 19.3. The van der Waals surface area contributed by atoms with Crippen molar-refractivity contribution in [1.82, 2.24) is 0 Å². The summed E-state index contributed by atoms with van der Waals surface area (Å²) in [6.45, 7) is 0. The molecule has 1 aliphatic rings. The number of phenols is 1. The second kappa shape index (κ2) is 8.02. The summed E-state index contributed by atoms with van der Waals surface area (Å²) in [6.07, 6.45) is 5.90. The molecule has 2 rings (SSSR count). The molecule has 1 aromatic rings. The van der Waals surface area contributed by atoms with E-state index in [4.69, 9.17) is 14.2 Å². The molecule has 0 saturated carbocycles. The van der Waals surface area contributed by atoms with Crippen molar-refractivity contribution in [3.63, 3.8) is 0 Å². The first kappa shape index (κ1) is 18.8. The van der Waals surface area contributed by atoms with E-state index in [-0.39, 0.29) is 28.3 Å². The Morgan fingerprint density at radius 2 is 1.58 bits per heavy atom. The maximum atomic E-state index is 12.4.